The minimum Gasteiger partial charge on any atom is -0.469 e. The molecule has 108 valence electrons. The predicted molar refractivity (Wildman–Crippen MR) is 87.5 cm³/mol. The zero-order valence-corrected chi connectivity index (χ0v) is 13.8. The van der Waals surface area contributed by atoms with Crippen molar-refractivity contribution in [3.63, 3.8) is 0 Å². The highest BCUT2D eigenvalue weighted by molar-refractivity contribution is 9.11. The second-order valence-corrected chi connectivity index (χ2v) is 6.76. The number of furan rings is 1. The second-order valence-electron chi connectivity index (χ2n) is 4.21. The Morgan fingerprint density at radius 3 is 2.65 bits per heavy atom. The highest BCUT2D eigenvalue weighted by Gasteiger charge is 2.01. The van der Waals surface area contributed by atoms with Crippen LogP contribution >= 0.6 is 27.3 Å². The molecular formula is C14H18BrN3OS. The molecule has 0 amide bonds. The van der Waals surface area contributed by atoms with Crippen molar-refractivity contribution in [1.29, 1.82) is 0 Å². The Morgan fingerprint density at radius 1 is 1.25 bits per heavy atom. The van der Waals surface area contributed by atoms with Crippen molar-refractivity contribution in [2.24, 2.45) is 4.99 Å². The van der Waals surface area contributed by atoms with Gasteiger partial charge in [0.1, 0.15) is 5.76 Å². The predicted octanol–water partition coefficient (Wildman–Crippen LogP) is 3.05. The summed E-state index contributed by atoms with van der Waals surface area (Å²) in [6.45, 7) is 1.67. The molecule has 2 aromatic rings. The van der Waals surface area contributed by atoms with Gasteiger partial charge in [-0.25, -0.2) is 0 Å². The first-order valence-corrected chi connectivity index (χ1v) is 8.10. The molecule has 4 nitrogen and oxygen atoms in total. The Labute approximate surface area is 131 Å². The number of rotatable bonds is 6. The molecule has 0 aliphatic heterocycles. The number of halogens is 1. The fourth-order valence-electron chi connectivity index (χ4n) is 1.77. The summed E-state index contributed by atoms with van der Waals surface area (Å²) in [4.78, 5) is 5.56. The quantitative estimate of drug-likeness (QED) is 0.618. The van der Waals surface area contributed by atoms with E-state index in [1.807, 2.05) is 12.1 Å². The third-order valence-corrected chi connectivity index (χ3v) is 4.44. The van der Waals surface area contributed by atoms with Crippen molar-refractivity contribution < 1.29 is 4.42 Å². The number of aliphatic imine (C=N–C) groups is 1. The topological polar surface area (TPSA) is 49.6 Å². The lowest BCUT2D eigenvalue weighted by molar-refractivity contribution is 0.507. The van der Waals surface area contributed by atoms with E-state index in [1.165, 1.54) is 8.66 Å². The fourth-order valence-corrected chi connectivity index (χ4v) is 3.25. The molecule has 2 N–H and O–H groups in total. The Bertz CT molecular complexity index is 536. The van der Waals surface area contributed by atoms with Crippen LogP contribution in [0.2, 0.25) is 0 Å². The van der Waals surface area contributed by atoms with Crippen molar-refractivity contribution >= 4 is 33.2 Å². The number of nitrogens with zero attached hydrogens (tertiary/aromatic N) is 1. The summed E-state index contributed by atoms with van der Waals surface area (Å²) in [5, 5.41) is 6.58. The molecule has 0 unspecified atom stereocenters. The van der Waals surface area contributed by atoms with E-state index in [9.17, 15) is 0 Å². The minimum atomic E-state index is 0.803. The van der Waals surface area contributed by atoms with E-state index in [4.69, 9.17) is 4.42 Å². The number of guanidine groups is 1. The van der Waals surface area contributed by atoms with Crippen LogP contribution in [0, 0.1) is 0 Å². The maximum absolute atomic E-state index is 5.29. The minimum absolute atomic E-state index is 0.803. The Hall–Kier alpha value is -1.27. The van der Waals surface area contributed by atoms with E-state index in [2.05, 4.69) is 43.7 Å². The SMILES string of the molecule is CN=C(NCCc1ccco1)NCCc1ccc(Br)s1. The summed E-state index contributed by atoms with van der Waals surface area (Å²) < 4.78 is 6.46. The fraction of sp³-hybridized carbons (Fsp3) is 0.357. The lowest BCUT2D eigenvalue weighted by Crippen LogP contribution is -2.39. The molecule has 2 rings (SSSR count). The molecule has 0 fully saturated rings. The normalized spacial score (nSPS) is 11.6. The van der Waals surface area contributed by atoms with Crippen LogP contribution in [-0.2, 0) is 12.8 Å². The van der Waals surface area contributed by atoms with Gasteiger partial charge in [0.05, 0.1) is 10.0 Å². The molecule has 0 saturated carbocycles. The van der Waals surface area contributed by atoms with Gasteiger partial charge in [-0.3, -0.25) is 4.99 Å². The van der Waals surface area contributed by atoms with E-state index >= 15 is 0 Å². The second kappa shape index (κ2) is 8.11. The summed E-state index contributed by atoms with van der Waals surface area (Å²) in [7, 11) is 1.78. The molecular weight excluding hydrogens is 338 g/mol. The number of nitrogens with one attached hydrogen (secondary N) is 2. The van der Waals surface area contributed by atoms with Gasteiger partial charge in [-0.05, 0) is 46.6 Å². The maximum Gasteiger partial charge on any atom is 0.191 e. The number of thiophene rings is 1. The molecule has 0 saturated heterocycles. The van der Waals surface area contributed by atoms with Crippen LogP contribution in [0.1, 0.15) is 10.6 Å². The summed E-state index contributed by atoms with van der Waals surface area (Å²) in [6.07, 6.45) is 3.54. The van der Waals surface area contributed by atoms with Crippen LogP contribution in [0.25, 0.3) is 0 Å². The Balaban J connectivity index is 1.65. The van der Waals surface area contributed by atoms with Gasteiger partial charge in [0, 0.05) is 31.4 Å². The molecule has 2 aromatic heterocycles. The van der Waals surface area contributed by atoms with Crippen molar-refractivity contribution in [2.75, 3.05) is 20.1 Å². The molecule has 0 aliphatic rings. The van der Waals surface area contributed by atoms with Gasteiger partial charge in [-0.15, -0.1) is 11.3 Å². The van der Waals surface area contributed by atoms with E-state index in [1.54, 1.807) is 24.6 Å². The lowest BCUT2D eigenvalue weighted by atomic mass is 10.3. The van der Waals surface area contributed by atoms with Crippen molar-refractivity contribution in [3.8, 4) is 0 Å². The summed E-state index contributed by atoms with van der Waals surface area (Å²) in [5.74, 6) is 1.81. The summed E-state index contributed by atoms with van der Waals surface area (Å²) in [6, 6.07) is 8.11. The molecule has 0 radical (unpaired) electrons. The summed E-state index contributed by atoms with van der Waals surface area (Å²) in [5.41, 5.74) is 0. The van der Waals surface area contributed by atoms with Crippen LogP contribution in [0.3, 0.4) is 0 Å². The number of hydrogen-bond acceptors (Lipinski definition) is 3. The van der Waals surface area contributed by atoms with E-state index in [0.29, 0.717) is 0 Å². The van der Waals surface area contributed by atoms with Gasteiger partial charge in [0.25, 0.3) is 0 Å². The smallest absolute Gasteiger partial charge is 0.191 e. The molecule has 0 aromatic carbocycles. The van der Waals surface area contributed by atoms with Gasteiger partial charge in [0.2, 0.25) is 0 Å². The van der Waals surface area contributed by atoms with E-state index in [-0.39, 0.29) is 0 Å². The molecule has 0 aliphatic carbocycles. The van der Waals surface area contributed by atoms with E-state index < -0.39 is 0 Å². The third kappa shape index (κ3) is 5.02. The first-order valence-electron chi connectivity index (χ1n) is 6.49. The van der Waals surface area contributed by atoms with Gasteiger partial charge in [-0.2, -0.15) is 0 Å². The van der Waals surface area contributed by atoms with Crippen LogP contribution in [-0.4, -0.2) is 26.1 Å². The van der Waals surface area contributed by atoms with Crippen LogP contribution in [0.4, 0.5) is 0 Å². The van der Waals surface area contributed by atoms with Crippen LogP contribution in [0.5, 0.6) is 0 Å². The van der Waals surface area contributed by atoms with Crippen molar-refractivity contribution in [3.05, 3.63) is 45.0 Å². The molecule has 20 heavy (non-hydrogen) atoms. The highest BCUT2D eigenvalue weighted by Crippen LogP contribution is 2.21. The van der Waals surface area contributed by atoms with Gasteiger partial charge in [0.15, 0.2) is 5.96 Å². The number of hydrogen-bond donors (Lipinski definition) is 2. The lowest BCUT2D eigenvalue weighted by Gasteiger charge is -2.10. The third-order valence-electron chi connectivity index (χ3n) is 2.76. The molecule has 6 heteroatoms. The largest absolute Gasteiger partial charge is 0.469 e. The summed E-state index contributed by atoms with van der Waals surface area (Å²) >= 11 is 5.24. The average molecular weight is 356 g/mol. The Morgan fingerprint density at radius 2 is 2.05 bits per heavy atom. The first-order chi connectivity index (χ1) is 9.78. The van der Waals surface area contributed by atoms with Crippen molar-refractivity contribution in [2.45, 2.75) is 12.8 Å². The van der Waals surface area contributed by atoms with Crippen LogP contribution in [0.15, 0.2) is 43.7 Å². The average Bonchev–Trinajstić information content (AvgIpc) is 3.09. The van der Waals surface area contributed by atoms with Gasteiger partial charge in [-0.1, -0.05) is 0 Å². The van der Waals surface area contributed by atoms with Gasteiger partial charge < -0.3 is 15.1 Å². The van der Waals surface area contributed by atoms with Gasteiger partial charge >= 0.3 is 0 Å². The Kier molecular flexibility index (Phi) is 6.14. The maximum atomic E-state index is 5.29. The molecule has 0 bridgehead atoms. The highest BCUT2D eigenvalue weighted by atomic mass is 79.9. The van der Waals surface area contributed by atoms with Crippen LogP contribution < -0.4 is 10.6 Å². The zero-order chi connectivity index (χ0) is 14.2. The standard InChI is InChI=1S/C14H18BrN3OS/c1-16-14(17-8-6-11-3-2-10-19-11)18-9-7-12-4-5-13(15)20-12/h2-5,10H,6-9H2,1H3,(H2,16,17,18). The molecule has 2 heterocycles. The van der Waals surface area contributed by atoms with E-state index in [0.717, 1.165) is 37.7 Å². The molecule has 0 spiro atoms. The molecule has 0 atom stereocenters. The first kappa shape index (κ1) is 15.1. The monoisotopic (exact) mass is 355 g/mol. The van der Waals surface area contributed by atoms with Crippen molar-refractivity contribution in [1.82, 2.24) is 10.6 Å². The zero-order valence-electron chi connectivity index (χ0n) is 11.4.